The molecule has 0 saturated heterocycles. The summed E-state index contributed by atoms with van der Waals surface area (Å²) in [5, 5.41) is 0. The zero-order valence-electron chi connectivity index (χ0n) is 9.38. The van der Waals surface area contributed by atoms with E-state index in [0.29, 0.717) is 5.56 Å². The number of benzene rings is 2. The Kier molecular flexibility index (Phi) is 3.87. The van der Waals surface area contributed by atoms with Crippen LogP contribution in [-0.4, -0.2) is 0 Å². The summed E-state index contributed by atoms with van der Waals surface area (Å²) < 4.78 is 13.6. The molecule has 0 bridgehead atoms. The molecule has 84 valence electrons. The molecule has 17 heavy (non-hydrogen) atoms. The topological polar surface area (TPSA) is 0 Å². The smallest absolute Gasteiger partial charge is 0.130 e. The number of halogens is 1. The van der Waals surface area contributed by atoms with E-state index in [1.54, 1.807) is 18.2 Å². The molecule has 0 saturated carbocycles. The summed E-state index contributed by atoms with van der Waals surface area (Å²) >= 11 is 0. The fraction of sp³-hybridized carbons (Fsp3) is 0. The molecule has 0 N–H and O–H groups in total. The van der Waals surface area contributed by atoms with E-state index in [0.717, 1.165) is 5.56 Å². The highest BCUT2D eigenvalue weighted by Gasteiger charge is 1.95. The lowest BCUT2D eigenvalue weighted by molar-refractivity contribution is 0.760. The Morgan fingerprint density at radius 2 is 1.41 bits per heavy atom. The molecule has 0 heterocycles. The minimum atomic E-state index is -0.224. The molecule has 0 unspecified atom stereocenters. The van der Waals surface area contributed by atoms with Crippen LogP contribution in [0.1, 0.15) is 11.1 Å². The number of rotatable bonds is 3. The highest BCUT2D eigenvalue weighted by Crippen LogP contribution is 2.15. The van der Waals surface area contributed by atoms with Crippen molar-refractivity contribution >= 4 is 11.9 Å². The molecule has 0 amide bonds. The van der Waals surface area contributed by atoms with Crippen LogP contribution in [-0.2, 0) is 0 Å². The molecular weight excluding hydrogens is 211 g/mol. The Morgan fingerprint density at radius 3 is 2.06 bits per heavy atom. The Hall–Kier alpha value is -2.15. The Morgan fingerprint density at radius 1 is 0.824 bits per heavy atom. The SMILES string of the molecule is F/C(=C\C=C\c1ccccc1)c1ccccc1. The van der Waals surface area contributed by atoms with Crippen LogP contribution in [0.2, 0.25) is 0 Å². The van der Waals surface area contributed by atoms with Gasteiger partial charge in [0, 0.05) is 5.56 Å². The molecule has 0 fully saturated rings. The van der Waals surface area contributed by atoms with Crippen molar-refractivity contribution in [1.82, 2.24) is 0 Å². The number of allylic oxidation sites excluding steroid dienone is 2. The van der Waals surface area contributed by atoms with Crippen LogP contribution in [0, 0.1) is 0 Å². The fourth-order valence-corrected chi connectivity index (χ4v) is 1.50. The summed E-state index contributed by atoms with van der Waals surface area (Å²) in [5.41, 5.74) is 1.66. The highest BCUT2D eigenvalue weighted by molar-refractivity contribution is 5.63. The van der Waals surface area contributed by atoms with Gasteiger partial charge < -0.3 is 0 Å². The first-order valence-electron chi connectivity index (χ1n) is 5.50. The normalized spacial score (nSPS) is 11.9. The Bertz CT molecular complexity index is 510. The lowest BCUT2D eigenvalue weighted by atomic mass is 10.2. The zero-order valence-corrected chi connectivity index (χ0v) is 9.38. The summed E-state index contributed by atoms with van der Waals surface area (Å²) in [6.07, 6.45) is 5.07. The first-order chi connectivity index (χ1) is 8.36. The van der Waals surface area contributed by atoms with Crippen molar-refractivity contribution in [3.8, 4) is 0 Å². The predicted octanol–water partition coefficient (Wildman–Crippen LogP) is 4.71. The molecule has 0 aliphatic heterocycles. The third kappa shape index (κ3) is 3.42. The molecular formula is C16H13F. The molecule has 0 atom stereocenters. The highest BCUT2D eigenvalue weighted by atomic mass is 19.1. The largest absolute Gasteiger partial charge is 0.206 e. The quantitative estimate of drug-likeness (QED) is 0.662. The van der Waals surface area contributed by atoms with E-state index in [9.17, 15) is 4.39 Å². The standard InChI is InChI=1S/C16H13F/c17-16(15-11-5-2-6-12-15)13-7-10-14-8-3-1-4-9-14/h1-13H/b10-7+,16-13-. The first kappa shape index (κ1) is 11.3. The summed E-state index contributed by atoms with van der Waals surface area (Å²) in [5.74, 6) is -0.224. The summed E-state index contributed by atoms with van der Waals surface area (Å²) in [6.45, 7) is 0. The molecule has 2 aromatic rings. The molecule has 0 aromatic heterocycles. The predicted molar refractivity (Wildman–Crippen MR) is 71.0 cm³/mol. The van der Waals surface area contributed by atoms with Gasteiger partial charge in [0.25, 0.3) is 0 Å². The van der Waals surface area contributed by atoms with Gasteiger partial charge in [-0.25, -0.2) is 4.39 Å². The molecule has 0 aliphatic rings. The average molecular weight is 224 g/mol. The van der Waals surface area contributed by atoms with Crippen molar-refractivity contribution in [1.29, 1.82) is 0 Å². The van der Waals surface area contributed by atoms with E-state index < -0.39 is 0 Å². The van der Waals surface area contributed by atoms with Gasteiger partial charge in [-0.05, 0) is 11.6 Å². The van der Waals surface area contributed by atoms with Crippen molar-refractivity contribution < 1.29 is 4.39 Å². The van der Waals surface area contributed by atoms with Crippen LogP contribution in [0.3, 0.4) is 0 Å². The second kappa shape index (κ2) is 5.80. The van der Waals surface area contributed by atoms with Crippen molar-refractivity contribution in [2.24, 2.45) is 0 Å². The van der Waals surface area contributed by atoms with Gasteiger partial charge >= 0.3 is 0 Å². The minimum Gasteiger partial charge on any atom is -0.206 e. The third-order valence-corrected chi connectivity index (χ3v) is 2.38. The van der Waals surface area contributed by atoms with Crippen LogP contribution in [0.4, 0.5) is 4.39 Å². The summed E-state index contributed by atoms with van der Waals surface area (Å²) in [6, 6.07) is 18.8. The van der Waals surface area contributed by atoms with Crippen LogP contribution in [0.15, 0.2) is 72.8 Å². The zero-order chi connectivity index (χ0) is 11.9. The van der Waals surface area contributed by atoms with Gasteiger partial charge in [0.1, 0.15) is 5.83 Å². The van der Waals surface area contributed by atoms with Crippen LogP contribution < -0.4 is 0 Å². The molecule has 0 nitrogen and oxygen atoms in total. The van der Waals surface area contributed by atoms with E-state index in [-0.39, 0.29) is 5.83 Å². The van der Waals surface area contributed by atoms with E-state index >= 15 is 0 Å². The van der Waals surface area contributed by atoms with E-state index in [1.165, 1.54) is 6.08 Å². The van der Waals surface area contributed by atoms with Gasteiger partial charge in [0.15, 0.2) is 0 Å². The van der Waals surface area contributed by atoms with Crippen molar-refractivity contribution in [3.63, 3.8) is 0 Å². The molecule has 0 radical (unpaired) electrons. The summed E-state index contributed by atoms with van der Waals surface area (Å²) in [4.78, 5) is 0. The number of hydrogen-bond donors (Lipinski definition) is 0. The van der Waals surface area contributed by atoms with Gasteiger partial charge in [-0.1, -0.05) is 72.8 Å². The lowest BCUT2D eigenvalue weighted by Crippen LogP contribution is -1.75. The van der Waals surface area contributed by atoms with Crippen LogP contribution in [0.25, 0.3) is 11.9 Å². The van der Waals surface area contributed by atoms with Gasteiger partial charge in [0.05, 0.1) is 0 Å². The van der Waals surface area contributed by atoms with E-state index in [1.807, 2.05) is 54.6 Å². The van der Waals surface area contributed by atoms with Crippen LogP contribution in [0.5, 0.6) is 0 Å². The maximum Gasteiger partial charge on any atom is 0.130 e. The lowest BCUT2D eigenvalue weighted by Gasteiger charge is -1.94. The Balaban J connectivity index is 2.09. The maximum absolute atomic E-state index is 13.6. The van der Waals surface area contributed by atoms with Crippen LogP contribution >= 0.6 is 0 Å². The molecule has 0 spiro atoms. The van der Waals surface area contributed by atoms with Gasteiger partial charge in [-0.3, -0.25) is 0 Å². The third-order valence-electron chi connectivity index (χ3n) is 2.38. The Labute approximate surface area is 101 Å². The van der Waals surface area contributed by atoms with Crippen molar-refractivity contribution in [3.05, 3.63) is 83.9 Å². The molecule has 2 aromatic carbocycles. The summed E-state index contributed by atoms with van der Waals surface area (Å²) in [7, 11) is 0. The van der Waals surface area contributed by atoms with Crippen molar-refractivity contribution in [2.75, 3.05) is 0 Å². The molecule has 1 heteroatoms. The van der Waals surface area contributed by atoms with E-state index in [4.69, 9.17) is 0 Å². The molecule has 0 aliphatic carbocycles. The first-order valence-corrected chi connectivity index (χ1v) is 5.50. The average Bonchev–Trinajstić information content (AvgIpc) is 2.41. The van der Waals surface area contributed by atoms with Gasteiger partial charge in [-0.2, -0.15) is 0 Å². The van der Waals surface area contributed by atoms with Gasteiger partial charge in [-0.15, -0.1) is 0 Å². The monoisotopic (exact) mass is 224 g/mol. The fourth-order valence-electron chi connectivity index (χ4n) is 1.50. The maximum atomic E-state index is 13.6. The van der Waals surface area contributed by atoms with E-state index in [2.05, 4.69) is 0 Å². The minimum absolute atomic E-state index is 0.224. The molecule has 2 rings (SSSR count). The second-order valence-electron chi connectivity index (χ2n) is 3.65. The number of hydrogen-bond acceptors (Lipinski definition) is 0. The van der Waals surface area contributed by atoms with Crippen molar-refractivity contribution in [2.45, 2.75) is 0 Å². The second-order valence-corrected chi connectivity index (χ2v) is 3.65. The van der Waals surface area contributed by atoms with Gasteiger partial charge in [0.2, 0.25) is 0 Å².